The molecule has 0 atom stereocenters. The molecule has 1 aromatic heterocycles. The van der Waals surface area contributed by atoms with E-state index in [0.717, 1.165) is 10.7 Å². The van der Waals surface area contributed by atoms with E-state index < -0.39 is 0 Å². The Morgan fingerprint density at radius 1 is 1.42 bits per heavy atom. The van der Waals surface area contributed by atoms with Crippen LogP contribution in [0.1, 0.15) is 28.4 Å². The van der Waals surface area contributed by atoms with Gasteiger partial charge in [0.1, 0.15) is 5.71 Å². The SMILES string of the molecule is Cc1nc(CCNC(=O)C2=NNC(=O)CC2)sc1C. The van der Waals surface area contributed by atoms with Crippen LogP contribution in [0.15, 0.2) is 5.10 Å². The summed E-state index contributed by atoms with van der Waals surface area (Å²) in [4.78, 5) is 28.3. The number of aryl methyl sites for hydroxylation is 2. The molecule has 2 rings (SSSR count). The maximum atomic E-state index is 11.8. The lowest BCUT2D eigenvalue weighted by atomic mass is 10.1. The first-order valence-electron chi connectivity index (χ1n) is 6.13. The van der Waals surface area contributed by atoms with Crippen LogP contribution in [0.25, 0.3) is 0 Å². The molecular weight excluding hydrogens is 264 g/mol. The molecule has 0 spiro atoms. The Morgan fingerprint density at radius 3 is 2.79 bits per heavy atom. The highest BCUT2D eigenvalue weighted by atomic mass is 32.1. The predicted octanol–water partition coefficient (Wildman–Crippen LogP) is 0.685. The van der Waals surface area contributed by atoms with Gasteiger partial charge in [0.25, 0.3) is 5.91 Å². The number of amides is 2. The molecule has 0 saturated carbocycles. The third-order valence-corrected chi connectivity index (χ3v) is 4.00. The van der Waals surface area contributed by atoms with Crippen LogP contribution in [0, 0.1) is 13.8 Å². The number of carbonyl (C=O) groups excluding carboxylic acids is 2. The Morgan fingerprint density at radius 2 is 2.21 bits per heavy atom. The predicted molar refractivity (Wildman–Crippen MR) is 73.1 cm³/mol. The van der Waals surface area contributed by atoms with E-state index in [4.69, 9.17) is 0 Å². The van der Waals surface area contributed by atoms with Crippen LogP contribution < -0.4 is 10.7 Å². The third kappa shape index (κ3) is 3.60. The lowest BCUT2D eigenvalue weighted by Gasteiger charge is -2.11. The smallest absolute Gasteiger partial charge is 0.267 e. The van der Waals surface area contributed by atoms with Gasteiger partial charge in [0, 0.05) is 30.7 Å². The fraction of sp³-hybridized carbons (Fsp3) is 0.500. The summed E-state index contributed by atoms with van der Waals surface area (Å²) >= 11 is 1.65. The minimum atomic E-state index is -0.218. The molecule has 1 aromatic rings. The molecule has 0 fully saturated rings. The molecule has 19 heavy (non-hydrogen) atoms. The molecule has 0 unspecified atom stereocenters. The monoisotopic (exact) mass is 280 g/mol. The molecular formula is C12H16N4O2S. The van der Waals surface area contributed by atoms with Gasteiger partial charge in [0.15, 0.2) is 0 Å². The van der Waals surface area contributed by atoms with Gasteiger partial charge in [-0.1, -0.05) is 0 Å². The van der Waals surface area contributed by atoms with E-state index in [-0.39, 0.29) is 11.8 Å². The summed E-state index contributed by atoms with van der Waals surface area (Å²) in [6.45, 7) is 4.54. The van der Waals surface area contributed by atoms with Crippen LogP contribution in [0.5, 0.6) is 0 Å². The van der Waals surface area contributed by atoms with Crippen LogP contribution in [-0.2, 0) is 16.0 Å². The van der Waals surface area contributed by atoms with Gasteiger partial charge in [0.2, 0.25) is 5.91 Å². The number of hydrazone groups is 1. The van der Waals surface area contributed by atoms with E-state index in [0.29, 0.717) is 31.5 Å². The van der Waals surface area contributed by atoms with Crippen molar-refractivity contribution in [3.8, 4) is 0 Å². The summed E-state index contributed by atoms with van der Waals surface area (Å²) in [5.41, 5.74) is 3.74. The number of carbonyl (C=O) groups is 2. The van der Waals surface area contributed by atoms with Gasteiger partial charge >= 0.3 is 0 Å². The number of nitrogens with one attached hydrogen (secondary N) is 2. The van der Waals surface area contributed by atoms with E-state index in [1.54, 1.807) is 11.3 Å². The highest BCUT2D eigenvalue weighted by Gasteiger charge is 2.17. The van der Waals surface area contributed by atoms with Gasteiger partial charge < -0.3 is 5.32 Å². The van der Waals surface area contributed by atoms with Crippen molar-refractivity contribution in [3.63, 3.8) is 0 Å². The molecule has 7 heteroatoms. The van der Waals surface area contributed by atoms with Gasteiger partial charge in [-0.25, -0.2) is 10.4 Å². The maximum absolute atomic E-state index is 11.8. The molecule has 102 valence electrons. The van der Waals surface area contributed by atoms with Crippen LogP contribution in [-0.4, -0.2) is 29.1 Å². The van der Waals surface area contributed by atoms with Crippen LogP contribution in [0.3, 0.4) is 0 Å². The van der Waals surface area contributed by atoms with E-state index in [9.17, 15) is 9.59 Å². The van der Waals surface area contributed by atoms with Gasteiger partial charge in [-0.3, -0.25) is 9.59 Å². The van der Waals surface area contributed by atoms with Crippen molar-refractivity contribution < 1.29 is 9.59 Å². The second-order valence-electron chi connectivity index (χ2n) is 4.35. The molecule has 6 nitrogen and oxygen atoms in total. The Kier molecular flexibility index (Phi) is 4.26. The standard InChI is InChI=1S/C12H16N4O2S/c1-7-8(2)19-11(14-7)5-6-13-12(18)9-3-4-10(17)16-15-9/h3-6H2,1-2H3,(H,13,18)(H,16,17). The molecule has 0 radical (unpaired) electrons. The molecule has 0 saturated heterocycles. The van der Waals surface area contributed by atoms with Crippen molar-refractivity contribution in [2.24, 2.45) is 5.10 Å². The van der Waals surface area contributed by atoms with E-state index in [1.165, 1.54) is 4.88 Å². The van der Waals surface area contributed by atoms with Crippen LogP contribution in [0.4, 0.5) is 0 Å². The second kappa shape index (κ2) is 5.92. The zero-order chi connectivity index (χ0) is 13.8. The largest absolute Gasteiger partial charge is 0.351 e. The summed E-state index contributed by atoms with van der Waals surface area (Å²) < 4.78 is 0. The average Bonchev–Trinajstić information content (AvgIpc) is 2.69. The highest BCUT2D eigenvalue weighted by molar-refractivity contribution is 7.11. The number of thiazole rings is 1. The normalized spacial score (nSPS) is 14.8. The Balaban J connectivity index is 1.79. The molecule has 0 aliphatic carbocycles. The lowest BCUT2D eigenvalue weighted by molar-refractivity contribution is -0.121. The first-order chi connectivity index (χ1) is 9.06. The summed E-state index contributed by atoms with van der Waals surface area (Å²) in [6, 6.07) is 0. The quantitative estimate of drug-likeness (QED) is 0.851. The van der Waals surface area contributed by atoms with Crippen molar-refractivity contribution in [1.82, 2.24) is 15.7 Å². The van der Waals surface area contributed by atoms with Crippen LogP contribution in [0.2, 0.25) is 0 Å². The fourth-order valence-corrected chi connectivity index (χ4v) is 2.60. The molecule has 2 amide bonds. The first-order valence-corrected chi connectivity index (χ1v) is 6.94. The minimum Gasteiger partial charge on any atom is -0.351 e. The van der Waals surface area contributed by atoms with E-state index in [1.807, 2.05) is 13.8 Å². The van der Waals surface area contributed by atoms with Gasteiger partial charge in [-0.05, 0) is 13.8 Å². The zero-order valence-corrected chi connectivity index (χ0v) is 11.8. The number of aromatic nitrogens is 1. The first kappa shape index (κ1) is 13.7. The topological polar surface area (TPSA) is 83.4 Å². The number of hydrogen-bond acceptors (Lipinski definition) is 5. The Hall–Kier alpha value is -1.76. The van der Waals surface area contributed by atoms with E-state index in [2.05, 4.69) is 20.8 Å². The van der Waals surface area contributed by atoms with Gasteiger partial charge in [-0.2, -0.15) is 5.10 Å². The minimum absolute atomic E-state index is 0.148. The van der Waals surface area contributed by atoms with Crippen LogP contribution >= 0.6 is 11.3 Å². The Bertz CT molecular complexity index is 516. The average molecular weight is 280 g/mol. The maximum Gasteiger partial charge on any atom is 0.267 e. The van der Waals surface area contributed by atoms with E-state index >= 15 is 0 Å². The molecule has 1 aliphatic heterocycles. The molecule has 1 aliphatic rings. The van der Waals surface area contributed by atoms with Crippen molar-refractivity contribution in [2.75, 3.05) is 6.54 Å². The van der Waals surface area contributed by atoms with Crippen molar-refractivity contribution >= 4 is 28.9 Å². The fourth-order valence-electron chi connectivity index (χ4n) is 1.67. The Labute approximate surface area is 115 Å². The van der Waals surface area contributed by atoms with Gasteiger partial charge in [0.05, 0.1) is 10.7 Å². The number of rotatable bonds is 4. The van der Waals surface area contributed by atoms with Crippen molar-refractivity contribution in [3.05, 3.63) is 15.6 Å². The summed E-state index contributed by atoms with van der Waals surface area (Å²) in [7, 11) is 0. The highest BCUT2D eigenvalue weighted by Crippen LogP contribution is 2.16. The summed E-state index contributed by atoms with van der Waals surface area (Å²) in [6.07, 6.45) is 1.43. The molecule has 0 aromatic carbocycles. The molecule has 0 bridgehead atoms. The summed E-state index contributed by atoms with van der Waals surface area (Å²) in [5.74, 6) is -0.365. The molecule has 2 heterocycles. The summed E-state index contributed by atoms with van der Waals surface area (Å²) in [5, 5.41) is 7.56. The third-order valence-electron chi connectivity index (χ3n) is 2.86. The number of nitrogens with zero attached hydrogens (tertiary/aromatic N) is 2. The van der Waals surface area contributed by atoms with Gasteiger partial charge in [-0.15, -0.1) is 11.3 Å². The zero-order valence-electron chi connectivity index (χ0n) is 10.9. The molecule has 2 N–H and O–H groups in total. The van der Waals surface area contributed by atoms with Crippen molar-refractivity contribution in [1.29, 1.82) is 0 Å². The lowest BCUT2D eigenvalue weighted by Crippen LogP contribution is -2.37. The number of hydrogen-bond donors (Lipinski definition) is 2. The second-order valence-corrected chi connectivity index (χ2v) is 5.64. The van der Waals surface area contributed by atoms with Crippen molar-refractivity contribution in [2.45, 2.75) is 33.1 Å².